The summed E-state index contributed by atoms with van der Waals surface area (Å²) in [7, 11) is 0. The van der Waals surface area contributed by atoms with Crippen LogP contribution in [0.3, 0.4) is 0 Å². The summed E-state index contributed by atoms with van der Waals surface area (Å²) < 4.78 is 10.6. The van der Waals surface area contributed by atoms with Crippen molar-refractivity contribution in [3.8, 4) is 17.3 Å². The number of benzene rings is 1. The van der Waals surface area contributed by atoms with Crippen LogP contribution in [0.2, 0.25) is 0 Å². The molecule has 0 amide bonds. The predicted molar refractivity (Wildman–Crippen MR) is 118 cm³/mol. The molecule has 0 N–H and O–H groups in total. The summed E-state index contributed by atoms with van der Waals surface area (Å²) in [6.07, 6.45) is 7.25. The number of ether oxygens (including phenoxy) is 1. The number of aromatic nitrogens is 6. The Morgan fingerprint density at radius 2 is 1.86 bits per heavy atom. The van der Waals surface area contributed by atoms with Gasteiger partial charge in [0.25, 0.3) is 5.95 Å². The quantitative estimate of drug-likeness (QED) is 0.392. The standard InChI is InChI=1S/C20H20IN7O/c21-17-13-27(7-6-26-8-10-29-11-9-26)18-3-2-15(12-16(17)18)19-24-14-28(25-19)20-22-4-1-5-23-20/h1-5,12-14H,6-11H2. The average molecular weight is 501 g/mol. The number of fused-ring (bicyclic) bond motifs is 1. The molecule has 5 rings (SSSR count). The molecule has 3 aromatic heterocycles. The highest BCUT2D eigenvalue weighted by molar-refractivity contribution is 14.1. The fraction of sp³-hybridized carbons (Fsp3) is 0.300. The zero-order chi connectivity index (χ0) is 19.6. The number of hydrogen-bond acceptors (Lipinski definition) is 6. The molecule has 29 heavy (non-hydrogen) atoms. The maximum atomic E-state index is 5.44. The first-order chi connectivity index (χ1) is 14.3. The van der Waals surface area contributed by atoms with Gasteiger partial charge in [0, 0.05) is 64.8 Å². The molecular weight excluding hydrogens is 481 g/mol. The van der Waals surface area contributed by atoms with Gasteiger partial charge in [0.1, 0.15) is 6.33 Å². The van der Waals surface area contributed by atoms with E-state index in [1.165, 1.54) is 14.5 Å². The molecule has 0 bridgehead atoms. The number of rotatable bonds is 5. The number of morpholine rings is 1. The molecule has 0 aliphatic carbocycles. The molecule has 0 saturated carbocycles. The fourth-order valence-electron chi connectivity index (χ4n) is 3.55. The molecule has 1 saturated heterocycles. The fourth-order valence-corrected chi connectivity index (χ4v) is 4.32. The van der Waals surface area contributed by atoms with Crippen LogP contribution in [-0.4, -0.2) is 67.0 Å². The topological polar surface area (TPSA) is 73.9 Å². The average Bonchev–Trinajstić information content (AvgIpc) is 3.39. The molecule has 8 nitrogen and oxygen atoms in total. The summed E-state index contributed by atoms with van der Waals surface area (Å²) in [6, 6.07) is 8.18. The van der Waals surface area contributed by atoms with Crippen molar-refractivity contribution in [2.45, 2.75) is 6.54 Å². The Hall–Kier alpha value is -2.37. The maximum absolute atomic E-state index is 5.44. The monoisotopic (exact) mass is 501 g/mol. The lowest BCUT2D eigenvalue weighted by atomic mass is 10.1. The lowest BCUT2D eigenvalue weighted by Crippen LogP contribution is -2.38. The number of hydrogen-bond donors (Lipinski definition) is 0. The second-order valence-corrected chi connectivity index (χ2v) is 8.08. The van der Waals surface area contributed by atoms with E-state index in [4.69, 9.17) is 4.74 Å². The van der Waals surface area contributed by atoms with Crippen LogP contribution in [0.25, 0.3) is 28.2 Å². The van der Waals surface area contributed by atoms with Crippen molar-refractivity contribution in [3.63, 3.8) is 0 Å². The Balaban J connectivity index is 1.39. The van der Waals surface area contributed by atoms with Crippen LogP contribution in [0.15, 0.2) is 49.2 Å². The third kappa shape index (κ3) is 3.89. The first-order valence-corrected chi connectivity index (χ1v) is 10.6. The summed E-state index contributed by atoms with van der Waals surface area (Å²) >= 11 is 2.40. The van der Waals surface area contributed by atoms with Crippen LogP contribution < -0.4 is 0 Å². The van der Waals surface area contributed by atoms with Gasteiger partial charge in [-0.2, -0.15) is 4.68 Å². The zero-order valence-corrected chi connectivity index (χ0v) is 17.9. The van der Waals surface area contributed by atoms with Crippen LogP contribution in [0.5, 0.6) is 0 Å². The molecule has 0 radical (unpaired) electrons. The normalized spacial score (nSPS) is 15.2. The summed E-state index contributed by atoms with van der Waals surface area (Å²) in [6.45, 7) is 5.70. The maximum Gasteiger partial charge on any atom is 0.251 e. The minimum absolute atomic E-state index is 0.510. The Labute approximate surface area is 181 Å². The van der Waals surface area contributed by atoms with Gasteiger partial charge in [-0.3, -0.25) is 4.90 Å². The van der Waals surface area contributed by atoms with E-state index in [1.807, 2.05) is 0 Å². The van der Waals surface area contributed by atoms with Crippen LogP contribution in [0, 0.1) is 3.57 Å². The zero-order valence-electron chi connectivity index (χ0n) is 15.8. The van der Waals surface area contributed by atoms with Crippen LogP contribution >= 0.6 is 22.6 Å². The van der Waals surface area contributed by atoms with E-state index in [0.717, 1.165) is 45.0 Å². The molecule has 9 heteroatoms. The third-order valence-corrected chi connectivity index (χ3v) is 5.96. The van der Waals surface area contributed by atoms with Crippen molar-refractivity contribution in [3.05, 3.63) is 52.8 Å². The smallest absolute Gasteiger partial charge is 0.251 e. The van der Waals surface area contributed by atoms with Crippen LogP contribution in [0.1, 0.15) is 0 Å². The summed E-state index contributed by atoms with van der Waals surface area (Å²) in [5.74, 6) is 1.17. The lowest BCUT2D eigenvalue weighted by molar-refractivity contribution is 0.0365. The second kappa shape index (κ2) is 8.17. The first-order valence-electron chi connectivity index (χ1n) is 9.56. The van der Waals surface area contributed by atoms with Gasteiger partial charge in [0.2, 0.25) is 0 Å². The molecule has 1 aromatic carbocycles. The van der Waals surface area contributed by atoms with E-state index in [2.05, 4.69) is 76.5 Å². The van der Waals surface area contributed by atoms with Gasteiger partial charge in [-0.25, -0.2) is 15.0 Å². The van der Waals surface area contributed by atoms with Crippen LogP contribution in [-0.2, 0) is 11.3 Å². The largest absolute Gasteiger partial charge is 0.379 e. The van der Waals surface area contributed by atoms with E-state index < -0.39 is 0 Å². The SMILES string of the molecule is Ic1cn(CCN2CCOCC2)c2ccc(-c3ncn(-c4ncccn4)n3)cc12. The molecule has 0 atom stereocenters. The van der Waals surface area contributed by atoms with E-state index in [9.17, 15) is 0 Å². The Kier molecular flexibility index (Phi) is 5.25. The number of nitrogens with zero attached hydrogens (tertiary/aromatic N) is 7. The van der Waals surface area contributed by atoms with Crippen LogP contribution in [0.4, 0.5) is 0 Å². The van der Waals surface area contributed by atoms with E-state index in [1.54, 1.807) is 29.5 Å². The van der Waals surface area contributed by atoms with Gasteiger partial charge in [-0.05, 0) is 46.9 Å². The summed E-state index contributed by atoms with van der Waals surface area (Å²) in [4.78, 5) is 15.3. The predicted octanol–water partition coefficient (Wildman–Crippen LogP) is 2.62. The highest BCUT2D eigenvalue weighted by Gasteiger charge is 2.14. The van der Waals surface area contributed by atoms with Crippen molar-refractivity contribution in [2.24, 2.45) is 0 Å². The molecule has 0 spiro atoms. The second-order valence-electron chi connectivity index (χ2n) is 6.92. The highest BCUT2D eigenvalue weighted by atomic mass is 127. The Morgan fingerprint density at radius 1 is 1.03 bits per heavy atom. The summed E-state index contributed by atoms with van der Waals surface area (Å²) in [5, 5.41) is 5.76. The molecule has 148 valence electrons. The molecule has 1 aliphatic rings. The van der Waals surface area contributed by atoms with Crippen molar-refractivity contribution in [1.29, 1.82) is 0 Å². The Bertz CT molecular complexity index is 1120. The van der Waals surface area contributed by atoms with Crippen molar-refractivity contribution >= 4 is 33.5 Å². The summed E-state index contributed by atoms with van der Waals surface area (Å²) in [5.41, 5.74) is 2.22. The van der Waals surface area contributed by atoms with Gasteiger partial charge in [0.05, 0.1) is 13.2 Å². The van der Waals surface area contributed by atoms with Gasteiger partial charge < -0.3 is 9.30 Å². The van der Waals surface area contributed by atoms with Crippen molar-refractivity contribution in [1.82, 2.24) is 34.2 Å². The van der Waals surface area contributed by atoms with Gasteiger partial charge in [0.15, 0.2) is 5.82 Å². The van der Waals surface area contributed by atoms with Crippen molar-refractivity contribution < 1.29 is 4.74 Å². The minimum atomic E-state index is 0.510. The minimum Gasteiger partial charge on any atom is -0.379 e. The lowest BCUT2D eigenvalue weighted by Gasteiger charge is -2.26. The number of halogens is 1. The van der Waals surface area contributed by atoms with Gasteiger partial charge >= 0.3 is 0 Å². The van der Waals surface area contributed by atoms with E-state index >= 15 is 0 Å². The third-order valence-electron chi connectivity index (χ3n) is 5.10. The molecule has 1 fully saturated rings. The van der Waals surface area contributed by atoms with E-state index in [0.29, 0.717) is 11.8 Å². The Morgan fingerprint density at radius 3 is 2.69 bits per heavy atom. The molecule has 4 heterocycles. The molecule has 0 unspecified atom stereocenters. The molecule has 4 aromatic rings. The first kappa shape index (κ1) is 18.6. The van der Waals surface area contributed by atoms with E-state index in [-0.39, 0.29) is 0 Å². The van der Waals surface area contributed by atoms with Gasteiger partial charge in [-0.1, -0.05) is 0 Å². The van der Waals surface area contributed by atoms with Gasteiger partial charge in [-0.15, -0.1) is 5.10 Å². The highest BCUT2D eigenvalue weighted by Crippen LogP contribution is 2.27. The van der Waals surface area contributed by atoms with Crippen molar-refractivity contribution in [2.75, 3.05) is 32.8 Å². The molecule has 1 aliphatic heterocycles. The molecular formula is C20H20IN7O.